The Morgan fingerprint density at radius 2 is 2.03 bits per heavy atom. The minimum atomic E-state index is -1.03. The molecule has 1 saturated heterocycles. The van der Waals surface area contributed by atoms with E-state index in [2.05, 4.69) is 35.7 Å². The summed E-state index contributed by atoms with van der Waals surface area (Å²) in [6, 6.07) is 9.72. The molecule has 1 aliphatic heterocycles. The van der Waals surface area contributed by atoms with Crippen molar-refractivity contribution in [1.82, 2.24) is 14.9 Å². The van der Waals surface area contributed by atoms with Gasteiger partial charge >= 0.3 is 0 Å². The van der Waals surface area contributed by atoms with Gasteiger partial charge in [0.1, 0.15) is 12.2 Å². The molecular formula is C27H32N4O2S. The number of hydrogen-bond donors (Lipinski definition) is 2. The van der Waals surface area contributed by atoms with E-state index in [1.54, 1.807) is 31.4 Å². The zero-order valence-electron chi connectivity index (χ0n) is 20.3. The Morgan fingerprint density at radius 3 is 2.76 bits per heavy atom. The van der Waals surface area contributed by atoms with Crippen LogP contribution in [0.4, 0.5) is 5.82 Å². The van der Waals surface area contributed by atoms with E-state index in [0.717, 1.165) is 53.2 Å². The Balaban J connectivity index is 1.50. The predicted molar refractivity (Wildman–Crippen MR) is 138 cm³/mol. The number of likely N-dealkylation sites (tertiary alicyclic amines) is 1. The number of hydrogen-bond acceptors (Lipinski definition) is 7. The van der Waals surface area contributed by atoms with Crippen LogP contribution in [0.2, 0.25) is 0 Å². The molecule has 0 spiro atoms. The van der Waals surface area contributed by atoms with Gasteiger partial charge < -0.3 is 20.5 Å². The van der Waals surface area contributed by atoms with Crippen LogP contribution in [0, 0.1) is 18.8 Å². The van der Waals surface area contributed by atoms with E-state index in [1.807, 2.05) is 30.3 Å². The fourth-order valence-corrected chi connectivity index (χ4v) is 5.15. The first-order valence-corrected chi connectivity index (χ1v) is 12.4. The van der Waals surface area contributed by atoms with Crippen molar-refractivity contribution < 1.29 is 9.84 Å². The summed E-state index contributed by atoms with van der Waals surface area (Å²) < 4.78 is 6.05. The summed E-state index contributed by atoms with van der Waals surface area (Å²) in [5.74, 6) is 7.28. The number of nitrogens with two attached hydrogens (primary N) is 1. The normalized spacial score (nSPS) is 15.1. The van der Waals surface area contributed by atoms with Gasteiger partial charge in [0.15, 0.2) is 11.6 Å². The van der Waals surface area contributed by atoms with Gasteiger partial charge in [-0.2, -0.15) is 0 Å². The molecule has 0 amide bonds. The van der Waals surface area contributed by atoms with Crippen LogP contribution in [-0.4, -0.2) is 45.7 Å². The third kappa shape index (κ3) is 6.15. The van der Waals surface area contributed by atoms with E-state index in [9.17, 15) is 5.11 Å². The second-order valence-corrected chi connectivity index (χ2v) is 10.5. The van der Waals surface area contributed by atoms with Crippen molar-refractivity contribution in [2.24, 2.45) is 0 Å². The smallest absolute Gasteiger partial charge is 0.166 e. The van der Waals surface area contributed by atoms with Gasteiger partial charge in [-0.05, 0) is 77.5 Å². The van der Waals surface area contributed by atoms with Crippen LogP contribution in [0.1, 0.15) is 54.4 Å². The minimum Gasteiger partial charge on any atom is -0.485 e. The van der Waals surface area contributed by atoms with Crippen molar-refractivity contribution in [3.63, 3.8) is 0 Å². The maximum atomic E-state index is 9.83. The summed E-state index contributed by atoms with van der Waals surface area (Å²) in [6.07, 6.45) is 4.10. The molecule has 178 valence electrons. The van der Waals surface area contributed by atoms with Crippen molar-refractivity contribution in [2.45, 2.75) is 51.7 Å². The fraction of sp³-hybridized carbons (Fsp3) is 0.407. The molecule has 7 heteroatoms. The number of nitrogen functional groups attached to an aromatic ring is 1. The van der Waals surface area contributed by atoms with E-state index < -0.39 is 5.60 Å². The maximum absolute atomic E-state index is 9.83. The van der Waals surface area contributed by atoms with E-state index in [4.69, 9.17) is 15.5 Å². The Bertz CT molecular complexity index is 1210. The van der Waals surface area contributed by atoms with Crippen LogP contribution in [0.3, 0.4) is 0 Å². The summed E-state index contributed by atoms with van der Waals surface area (Å²) >= 11 is 1.76. The van der Waals surface area contributed by atoms with Gasteiger partial charge in [-0.3, -0.25) is 0 Å². The monoisotopic (exact) mass is 476 g/mol. The number of benzene rings is 1. The Kier molecular flexibility index (Phi) is 7.22. The van der Waals surface area contributed by atoms with Gasteiger partial charge in [0.05, 0.1) is 15.6 Å². The van der Waals surface area contributed by atoms with Gasteiger partial charge in [0.2, 0.25) is 0 Å². The molecule has 6 nitrogen and oxygen atoms in total. The number of aryl methyl sites for hydroxylation is 1. The molecule has 0 atom stereocenters. The number of thiazole rings is 1. The third-order valence-electron chi connectivity index (χ3n) is 5.86. The lowest BCUT2D eigenvalue weighted by Gasteiger charge is -2.27. The lowest BCUT2D eigenvalue weighted by atomic mass is 9.98. The molecule has 4 rings (SSSR count). The molecule has 0 aliphatic carbocycles. The quantitative estimate of drug-likeness (QED) is 0.524. The average Bonchev–Trinajstić information content (AvgIpc) is 3.19. The van der Waals surface area contributed by atoms with Gasteiger partial charge in [0.25, 0.3) is 0 Å². The van der Waals surface area contributed by atoms with Crippen LogP contribution < -0.4 is 10.5 Å². The molecule has 0 saturated carbocycles. The molecule has 1 fully saturated rings. The standard InChI is InChI=1S/C27H32N4O2S/c1-18-24(34-26(30-18)21-9-12-31(4)13-10-21)22-15-23(25(28)29-16-22)33-17-20-7-5-6-19(14-20)8-11-27(2,3)32/h5-7,14-16,21,32H,9-10,12-13,17H2,1-4H3,(H2,28,29). The molecule has 2 aromatic heterocycles. The second kappa shape index (κ2) is 10.1. The second-order valence-electron chi connectivity index (χ2n) is 9.45. The van der Waals surface area contributed by atoms with Gasteiger partial charge in [0, 0.05) is 23.2 Å². The summed E-state index contributed by atoms with van der Waals surface area (Å²) in [5.41, 5.74) is 8.88. The van der Waals surface area contributed by atoms with Crippen LogP contribution in [0.15, 0.2) is 36.5 Å². The van der Waals surface area contributed by atoms with Crippen LogP contribution in [0.25, 0.3) is 10.4 Å². The summed E-state index contributed by atoms with van der Waals surface area (Å²) in [7, 11) is 2.18. The lowest BCUT2D eigenvalue weighted by molar-refractivity contribution is 0.143. The van der Waals surface area contributed by atoms with Crippen molar-refractivity contribution in [3.8, 4) is 28.0 Å². The number of nitrogens with zero attached hydrogens (tertiary/aromatic N) is 3. The van der Waals surface area contributed by atoms with Crippen LogP contribution in [-0.2, 0) is 6.61 Å². The van der Waals surface area contributed by atoms with Crippen LogP contribution in [0.5, 0.6) is 5.75 Å². The Hall–Kier alpha value is -2.92. The number of rotatable bonds is 5. The Morgan fingerprint density at radius 1 is 1.26 bits per heavy atom. The van der Waals surface area contributed by atoms with E-state index in [-0.39, 0.29) is 0 Å². The highest BCUT2D eigenvalue weighted by atomic mass is 32.1. The molecule has 3 N–H and O–H groups in total. The summed E-state index contributed by atoms with van der Waals surface area (Å²) in [4.78, 5) is 12.8. The van der Waals surface area contributed by atoms with E-state index >= 15 is 0 Å². The zero-order valence-corrected chi connectivity index (χ0v) is 21.1. The number of aliphatic hydroxyl groups is 1. The van der Waals surface area contributed by atoms with E-state index in [0.29, 0.717) is 24.1 Å². The molecular weight excluding hydrogens is 444 g/mol. The molecule has 0 bridgehead atoms. The van der Waals surface area contributed by atoms with E-state index in [1.165, 1.54) is 5.01 Å². The lowest BCUT2D eigenvalue weighted by Crippen LogP contribution is -2.29. The highest BCUT2D eigenvalue weighted by Gasteiger charge is 2.23. The average molecular weight is 477 g/mol. The highest BCUT2D eigenvalue weighted by Crippen LogP contribution is 2.38. The number of piperidine rings is 1. The minimum absolute atomic E-state index is 0.343. The Labute approximate surface area is 205 Å². The number of anilines is 1. The van der Waals surface area contributed by atoms with Gasteiger partial charge in [-0.1, -0.05) is 24.0 Å². The van der Waals surface area contributed by atoms with Gasteiger partial charge in [-0.25, -0.2) is 9.97 Å². The maximum Gasteiger partial charge on any atom is 0.166 e. The molecule has 1 aliphatic rings. The first-order chi connectivity index (χ1) is 16.2. The summed E-state index contributed by atoms with van der Waals surface area (Å²) in [6.45, 7) is 7.96. The molecule has 3 heterocycles. The number of pyridine rings is 1. The SMILES string of the molecule is Cc1nc(C2CCN(C)CC2)sc1-c1cnc(N)c(OCc2cccc(C#CC(C)(C)O)c2)c1. The number of ether oxygens (including phenoxy) is 1. The molecule has 1 aromatic carbocycles. The van der Waals surface area contributed by atoms with Crippen molar-refractivity contribution in [3.05, 3.63) is 58.4 Å². The third-order valence-corrected chi connectivity index (χ3v) is 7.23. The summed E-state index contributed by atoms with van der Waals surface area (Å²) in [5, 5.41) is 11.0. The highest BCUT2D eigenvalue weighted by molar-refractivity contribution is 7.15. The predicted octanol–water partition coefficient (Wildman–Crippen LogP) is 4.61. The largest absolute Gasteiger partial charge is 0.485 e. The number of aromatic nitrogens is 2. The van der Waals surface area contributed by atoms with Crippen molar-refractivity contribution in [1.29, 1.82) is 0 Å². The van der Waals surface area contributed by atoms with Crippen molar-refractivity contribution in [2.75, 3.05) is 25.9 Å². The first-order valence-electron chi connectivity index (χ1n) is 11.6. The van der Waals surface area contributed by atoms with Crippen LogP contribution >= 0.6 is 11.3 Å². The van der Waals surface area contributed by atoms with Gasteiger partial charge in [-0.15, -0.1) is 11.3 Å². The zero-order chi connectivity index (χ0) is 24.3. The fourth-order valence-electron chi connectivity index (χ4n) is 3.94. The molecule has 34 heavy (non-hydrogen) atoms. The first kappa shape index (κ1) is 24.2. The molecule has 0 radical (unpaired) electrons. The van der Waals surface area contributed by atoms with Crippen molar-refractivity contribution >= 4 is 17.2 Å². The molecule has 3 aromatic rings. The topological polar surface area (TPSA) is 84.5 Å². The molecule has 0 unspecified atom stereocenters.